The van der Waals surface area contributed by atoms with Crippen molar-refractivity contribution in [1.82, 2.24) is 5.32 Å². The van der Waals surface area contributed by atoms with Crippen molar-refractivity contribution in [1.29, 1.82) is 0 Å². The van der Waals surface area contributed by atoms with Gasteiger partial charge in [-0.3, -0.25) is 4.79 Å². The maximum absolute atomic E-state index is 12.2. The first kappa shape index (κ1) is 18.1. The van der Waals surface area contributed by atoms with Crippen LogP contribution in [-0.2, 0) is 6.54 Å². The summed E-state index contributed by atoms with van der Waals surface area (Å²) in [6.45, 7) is 1.18. The lowest BCUT2D eigenvalue weighted by atomic mass is 10.2. The van der Waals surface area contributed by atoms with Crippen molar-refractivity contribution in [3.05, 3.63) is 82.7 Å². The lowest BCUT2D eigenvalue weighted by molar-refractivity contribution is 0.0948. The molecule has 0 aliphatic rings. The summed E-state index contributed by atoms with van der Waals surface area (Å²) in [7, 11) is 0. The number of para-hydroxylation sites is 1. The molecule has 0 radical (unpaired) electrons. The van der Waals surface area contributed by atoms with E-state index in [1.165, 1.54) is 0 Å². The monoisotopic (exact) mass is 415 g/mol. The Morgan fingerprint density at radius 1 is 1.00 bits per heavy atom. The third-order valence-electron chi connectivity index (χ3n) is 3.55. The number of hydrogen-bond acceptors (Lipinski definition) is 4. The summed E-state index contributed by atoms with van der Waals surface area (Å²) < 4.78 is 17.2. The normalized spacial score (nSPS) is 10.3. The van der Waals surface area contributed by atoms with Crippen molar-refractivity contribution in [2.75, 3.05) is 13.2 Å². The first-order chi connectivity index (χ1) is 12.7. The van der Waals surface area contributed by atoms with Gasteiger partial charge >= 0.3 is 0 Å². The van der Waals surface area contributed by atoms with Crippen LogP contribution in [0.5, 0.6) is 11.5 Å². The van der Waals surface area contributed by atoms with Crippen LogP contribution in [0.1, 0.15) is 16.1 Å². The van der Waals surface area contributed by atoms with Crippen molar-refractivity contribution in [2.24, 2.45) is 0 Å². The van der Waals surface area contributed by atoms with Crippen LogP contribution in [0.25, 0.3) is 0 Å². The first-order valence-corrected chi connectivity index (χ1v) is 8.92. The Labute approximate surface area is 160 Å². The van der Waals surface area contributed by atoms with Crippen LogP contribution in [-0.4, -0.2) is 19.1 Å². The Kier molecular flexibility index (Phi) is 6.33. The third-order valence-corrected chi connectivity index (χ3v) is 4.17. The molecular formula is C20H18BrNO4. The molecule has 0 aliphatic carbocycles. The third kappa shape index (κ3) is 5.13. The van der Waals surface area contributed by atoms with E-state index in [0.29, 0.717) is 41.3 Å². The maximum atomic E-state index is 12.2. The van der Waals surface area contributed by atoms with Gasteiger partial charge in [0.15, 0.2) is 0 Å². The van der Waals surface area contributed by atoms with Gasteiger partial charge in [0.05, 0.1) is 17.3 Å². The summed E-state index contributed by atoms with van der Waals surface area (Å²) in [6.07, 6.45) is 1.58. The van der Waals surface area contributed by atoms with Gasteiger partial charge in [-0.15, -0.1) is 0 Å². The van der Waals surface area contributed by atoms with E-state index >= 15 is 0 Å². The lowest BCUT2D eigenvalue weighted by Gasteiger charge is -2.11. The van der Waals surface area contributed by atoms with Crippen molar-refractivity contribution >= 4 is 21.8 Å². The number of ether oxygens (including phenoxy) is 2. The van der Waals surface area contributed by atoms with Crippen LogP contribution < -0.4 is 14.8 Å². The molecule has 1 amide bonds. The van der Waals surface area contributed by atoms with E-state index in [0.717, 1.165) is 5.75 Å². The van der Waals surface area contributed by atoms with E-state index in [4.69, 9.17) is 13.9 Å². The second kappa shape index (κ2) is 9.10. The number of rotatable bonds is 8. The highest BCUT2D eigenvalue weighted by atomic mass is 79.9. The zero-order valence-corrected chi connectivity index (χ0v) is 15.6. The van der Waals surface area contributed by atoms with Gasteiger partial charge in [-0.25, -0.2) is 0 Å². The molecule has 0 aliphatic heterocycles. The zero-order valence-electron chi connectivity index (χ0n) is 14.0. The maximum Gasteiger partial charge on any atom is 0.251 e. The number of carbonyl (C=O) groups excluding carboxylic acids is 1. The molecule has 2 aromatic carbocycles. The van der Waals surface area contributed by atoms with Crippen LogP contribution in [0.4, 0.5) is 0 Å². The van der Waals surface area contributed by atoms with Gasteiger partial charge in [0.25, 0.3) is 5.91 Å². The highest BCUT2D eigenvalue weighted by Crippen LogP contribution is 2.26. The Morgan fingerprint density at radius 2 is 1.81 bits per heavy atom. The molecule has 3 aromatic rings. The van der Waals surface area contributed by atoms with Gasteiger partial charge in [-0.05, 0) is 58.4 Å². The van der Waals surface area contributed by atoms with Crippen LogP contribution in [0.2, 0.25) is 0 Å². The molecule has 0 saturated carbocycles. The summed E-state index contributed by atoms with van der Waals surface area (Å²) in [5.41, 5.74) is 0.538. The molecule has 0 saturated heterocycles. The minimum Gasteiger partial charge on any atom is -0.490 e. The largest absolute Gasteiger partial charge is 0.490 e. The van der Waals surface area contributed by atoms with Crippen molar-refractivity contribution in [2.45, 2.75) is 6.54 Å². The Hall–Kier alpha value is -2.73. The molecule has 26 heavy (non-hydrogen) atoms. The number of halogens is 1. The van der Waals surface area contributed by atoms with E-state index in [2.05, 4.69) is 21.2 Å². The predicted molar refractivity (Wildman–Crippen MR) is 101 cm³/mol. The Balaban J connectivity index is 1.48. The highest BCUT2D eigenvalue weighted by molar-refractivity contribution is 9.10. The number of carbonyl (C=O) groups is 1. The second-order valence-corrected chi connectivity index (χ2v) is 6.27. The molecule has 1 N–H and O–H groups in total. The number of nitrogens with one attached hydrogen (secondary N) is 1. The number of furan rings is 1. The standard InChI is InChI=1S/C20H18BrNO4/c21-18-13-15(20(23)22-14-17-7-4-10-24-17)8-9-19(18)26-12-11-25-16-5-2-1-3-6-16/h1-10,13H,11-12,14H2,(H,22,23). The van der Waals surface area contributed by atoms with E-state index < -0.39 is 0 Å². The summed E-state index contributed by atoms with van der Waals surface area (Å²) in [4.78, 5) is 12.2. The number of benzene rings is 2. The average Bonchev–Trinajstić information content (AvgIpc) is 3.19. The van der Waals surface area contributed by atoms with Gasteiger partial charge < -0.3 is 19.2 Å². The molecule has 6 heteroatoms. The average molecular weight is 416 g/mol. The molecule has 3 rings (SSSR count). The Bertz CT molecular complexity index is 834. The molecule has 0 unspecified atom stereocenters. The molecule has 0 fully saturated rings. The second-order valence-electron chi connectivity index (χ2n) is 5.42. The van der Waals surface area contributed by atoms with Gasteiger partial charge in [0.1, 0.15) is 30.5 Å². The summed E-state index contributed by atoms with van der Waals surface area (Å²) in [5.74, 6) is 1.99. The van der Waals surface area contributed by atoms with E-state index in [-0.39, 0.29) is 5.91 Å². The lowest BCUT2D eigenvalue weighted by Crippen LogP contribution is -2.22. The topological polar surface area (TPSA) is 60.7 Å². The number of amides is 1. The zero-order chi connectivity index (χ0) is 18.2. The molecule has 5 nitrogen and oxygen atoms in total. The summed E-state index contributed by atoms with van der Waals surface area (Å²) >= 11 is 3.44. The Morgan fingerprint density at radius 3 is 2.54 bits per heavy atom. The van der Waals surface area contributed by atoms with Crippen molar-refractivity contribution in [3.8, 4) is 11.5 Å². The molecule has 0 atom stereocenters. The molecular weight excluding hydrogens is 398 g/mol. The van der Waals surface area contributed by atoms with Gasteiger partial charge in [0, 0.05) is 5.56 Å². The van der Waals surface area contributed by atoms with E-state index in [1.807, 2.05) is 36.4 Å². The minimum absolute atomic E-state index is 0.180. The molecule has 1 aromatic heterocycles. The molecule has 134 valence electrons. The summed E-state index contributed by atoms with van der Waals surface area (Å²) in [5, 5.41) is 2.80. The predicted octanol–water partition coefficient (Wildman–Crippen LogP) is 4.43. The van der Waals surface area contributed by atoms with Crippen LogP contribution in [0.15, 0.2) is 75.8 Å². The van der Waals surface area contributed by atoms with Gasteiger partial charge in [-0.2, -0.15) is 0 Å². The van der Waals surface area contributed by atoms with Crippen LogP contribution in [0.3, 0.4) is 0 Å². The fourth-order valence-corrected chi connectivity index (χ4v) is 2.76. The summed E-state index contributed by atoms with van der Waals surface area (Å²) in [6, 6.07) is 18.4. The quantitative estimate of drug-likeness (QED) is 0.552. The first-order valence-electron chi connectivity index (χ1n) is 8.13. The molecule has 0 bridgehead atoms. The number of hydrogen-bond donors (Lipinski definition) is 1. The molecule has 1 heterocycles. The highest BCUT2D eigenvalue weighted by Gasteiger charge is 2.10. The van der Waals surface area contributed by atoms with Crippen LogP contribution >= 0.6 is 15.9 Å². The van der Waals surface area contributed by atoms with Crippen molar-refractivity contribution < 1.29 is 18.7 Å². The van der Waals surface area contributed by atoms with Gasteiger partial charge in [0.2, 0.25) is 0 Å². The van der Waals surface area contributed by atoms with Crippen LogP contribution in [0, 0.1) is 0 Å². The van der Waals surface area contributed by atoms with Crippen molar-refractivity contribution in [3.63, 3.8) is 0 Å². The fourth-order valence-electron chi connectivity index (χ4n) is 2.27. The SMILES string of the molecule is O=C(NCc1ccco1)c1ccc(OCCOc2ccccc2)c(Br)c1. The fraction of sp³-hybridized carbons (Fsp3) is 0.150. The van der Waals surface area contributed by atoms with E-state index in [1.54, 1.807) is 30.5 Å². The van der Waals surface area contributed by atoms with E-state index in [9.17, 15) is 4.79 Å². The minimum atomic E-state index is -0.180. The molecule has 0 spiro atoms. The smallest absolute Gasteiger partial charge is 0.251 e. The van der Waals surface area contributed by atoms with Gasteiger partial charge in [-0.1, -0.05) is 18.2 Å².